The molecule has 1 aliphatic rings. The van der Waals surface area contributed by atoms with Gasteiger partial charge < -0.3 is 0 Å². The lowest BCUT2D eigenvalue weighted by Crippen LogP contribution is -2.32. The number of rotatable bonds is 0. The van der Waals surface area contributed by atoms with Crippen LogP contribution < -0.4 is 22.1 Å². The molecule has 0 aromatic carbocycles. The lowest BCUT2D eigenvalue weighted by atomic mass is 10.7. The van der Waals surface area contributed by atoms with Gasteiger partial charge in [-0.15, -0.1) is 0 Å². The van der Waals surface area contributed by atoms with Gasteiger partial charge in [-0.2, -0.15) is 16.4 Å². The standard InChI is InChI=1S/C5H14N4O4/c1-3-10-9-11-4-2-7-13-8-5-12-6-1/h6-9H,1-5H2. The Morgan fingerprint density at radius 3 is 2.38 bits per heavy atom. The number of hydroxylamine groups is 3. The van der Waals surface area contributed by atoms with E-state index in [1.807, 2.05) is 0 Å². The van der Waals surface area contributed by atoms with Crippen LogP contribution in [0.25, 0.3) is 0 Å². The van der Waals surface area contributed by atoms with E-state index in [0.29, 0.717) is 26.3 Å². The molecule has 1 aliphatic heterocycles. The van der Waals surface area contributed by atoms with E-state index in [4.69, 9.17) is 19.5 Å². The van der Waals surface area contributed by atoms with Crippen LogP contribution in [-0.4, -0.2) is 33.0 Å². The van der Waals surface area contributed by atoms with Crippen molar-refractivity contribution in [3.8, 4) is 0 Å². The van der Waals surface area contributed by atoms with Crippen molar-refractivity contribution in [1.82, 2.24) is 22.1 Å². The monoisotopic (exact) mass is 194 g/mol. The first-order chi connectivity index (χ1) is 6.50. The lowest BCUT2D eigenvalue weighted by Gasteiger charge is -2.05. The Hall–Kier alpha value is -0.320. The summed E-state index contributed by atoms with van der Waals surface area (Å²) < 4.78 is 0. The van der Waals surface area contributed by atoms with E-state index in [2.05, 4.69) is 22.1 Å². The minimum absolute atomic E-state index is 0.237. The summed E-state index contributed by atoms with van der Waals surface area (Å²) >= 11 is 0. The third kappa shape index (κ3) is 6.81. The summed E-state index contributed by atoms with van der Waals surface area (Å²) in [5.74, 6) is 0. The fraction of sp³-hybridized carbons (Fsp3) is 1.00. The van der Waals surface area contributed by atoms with Crippen LogP contribution in [0.1, 0.15) is 0 Å². The van der Waals surface area contributed by atoms with Gasteiger partial charge in [-0.1, -0.05) is 5.64 Å². The van der Waals surface area contributed by atoms with Crippen molar-refractivity contribution in [2.24, 2.45) is 0 Å². The normalized spacial score (nSPS) is 24.0. The van der Waals surface area contributed by atoms with E-state index in [9.17, 15) is 0 Å². The van der Waals surface area contributed by atoms with Crippen LogP contribution in [-0.2, 0) is 19.5 Å². The predicted octanol–water partition coefficient (Wildman–Crippen LogP) is -2.04. The number of nitrogens with one attached hydrogen (secondary N) is 4. The summed E-state index contributed by atoms with van der Waals surface area (Å²) in [6.45, 7) is 2.17. The zero-order valence-corrected chi connectivity index (χ0v) is 7.17. The molecule has 0 aromatic rings. The van der Waals surface area contributed by atoms with E-state index >= 15 is 0 Å². The predicted molar refractivity (Wildman–Crippen MR) is 41.2 cm³/mol. The summed E-state index contributed by atoms with van der Waals surface area (Å²) in [4.78, 5) is 19.3. The molecular weight excluding hydrogens is 180 g/mol. The molecule has 0 spiro atoms. The molecular formula is C5H14N4O4. The Labute approximate surface area is 75.6 Å². The summed E-state index contributed by atoms with van der Waals surface area (Å²) in [6, 6.07) is 0. The SMILES string of the molecule is C1CONOCCNONCON1. The maximum absolute atomic E-state index is 4.87. The van der Waals surface area contributed by atoms with Gasteiger partial charge in [0.15, 0.2) is 0 Å². The second-order valence-corrected chi connectivity index (χ2v) is 2.10. The lowest BCUT2D eigenvalue weighted by molar-refractivity contribution is -0.172. The first-order valence-electron chi connectivity index (χ1n) is 3.95. The molecule has 0 radical (unpaired) electrons. The Morgan fingerprint density at radius 2 is 1.54 bits per heavy atom. The third-order valence-corrected chi connectivity index (χ3v) is 1.11. The van der Waals surface area contributed by atoms with E-state index in [1.165, 1.54) is 0 Å². The van der Waals surface area contributed by atoms with Crippen molar-refractivity contribution in [3.63, 3.8) is 0 Å². The Balaban J connectivity index is 2.01. The van der Waals surface area contributed by atoms with Crippen molar-refractivity contribution in [1.29, 1.82) is 0 Å². The minimum Gasteiger partial charge on any atom is -0.284 e. The highest BCUT2D eigenvalue weighted by Crippen LogP contribution is 1.72. The zero-order chi connectivity index (χ0) is 9.19. The third-order valence-electron chi connectivity index (χ3n) is 1.11. The quantitative estimate of drug-likeness (QED) is 0.351. The van der Waals surface area contributed by atoms with E-state index < -0.39 is 0 Å². The second-order valence-electron chi connectivity index (χ2n) is 2.10. The highest BCUT2D eigenvalue weighted by atomic mass is 16.9. The number of hydrogen-bond donors (Lipinski definition) is 4. The minimum atomic E-state index is 0.237. The van der Waals surface area contributed by atoms with Crippen LogP contribution >= 0.6 is 0 Å². The molecule has 0 bridgehead atoms. The summed E-state index contributed by atoms with van der Waals surface area (Å²) in [7, 11) is 0. The fourth-order valence-electron chi connectivity index (χ4n) is 0.595. The first-order valence-corrected chi connectivity index (χ1v) is 3.95. The average Bonchev–Trinajstić information content (AvgIpc) is 2.18. The van der Waals surface area contributed by atoms with Crippen LogP contribution in [0, 0.1) is 0 Å². The molecule has 1 heterocycles. The van der Waals surface area contributed by atoms with E-state index in [-0.39, 0.29) is 6.73 Å². The summed E-state index contributed by atoms with van der Waals surface area (Å²) in [6.07, 6.45) is 0. The van der Waals surface area contributed by atoms with Gasteiger partial charge in [0.2, 0.25) is 0 Å². The molecule has 13 heavy (non-hydrogen) atoms. The van der Waals surface area contributed by atoms with Gasteiger partial charge in [0.05, 0.1) is 13.2 Å². The Bertz CT molecular complexity index is 68.6. The second kappa shape index (κ2) is 8.29. The highest BCUT2D eigenvalue weighted by molar-refractivity contribution is 4.30. The maximum atomic E-state index is 4.87. The molecule has 8 heteroatoms. The number of hydrogen-bond acceptors (Lipinski definition) is 8. The van der Waals surface area contributed by atoms with Crippen molar-refractivity contribution in [2.45, 2.75) is 0 Å². The van der Waals surface area contributed by atoms with Gasteiger partial charge in [0.1, 0.15) is 6.73 Å². The van der Waals surface area contributed by atoms with Gasteiger partial charge in [-0.25, -0.2) is 4.94 Å². The molecule has 78 valence electrons. The van der Waals surface area contributed by atoms with Crippen molar-refractivity contribution in [3.05, 3.63) is 0 Å². The summed E-state index contributed by atoms with van der Waals surface area (Å²) in [5.41, 5.74) is 10.0. The first kappa shape index (κ1) is 10.8. The van der Waals surface area contributed by atoms with Crippen molar-refractivity contribution < 1.29 is 19.5 Å². The zero-order valence-electron chi connectivity index (χ0n) is 7.17. The molecule has 0 aliphatic carbocycles. The average molecular weight is 194 g/mol. The molecule has 0 aromatic heterocycles. The van der Waals surface area contributed by atoms with Gasteiger partial charge >= 0.3 is 0 Å². The smallest absolute Gasteiger partial charge is 0.142 e. The van der Waals surface area contributed by atoms with Crippen LogP contribution in [0.5, 0.6) is 0 Å². The van der Waals surface area contributed by atoms with E-state index in [1.54, 1.807) is 0 Å². The Kier molecular flexibility index (Phi) is 6.86. The molecule has 0 atom stereocenters. The molecule has 1 fully saturated rings. The topological polar surface area (TPSA) is 85.0 Å². The molecule has 0 amide bonds. The van der Waals surface area contributed by atoms with Gasteiger partial charge in [-0.3, -0.25) is 14.5 Å². The van der Waals surface area contributed by atoms with Gasteiger partial charge in [-0.05, 0) is 0 Å². The largest absolute Gasteiger partial charge is 0.284 e. The highest BCUT2D eigenvalue weighted by Gasteiger charge is 1.93. The molecule has 4 N–H and O–H groups in total. The van der Waals surface area contributed by atoms with E-state index in [0.717, 1.165) is 0 Å². The van der Waals surface area contributed by atoms with Gasteiger partial charge in [0, 0.05) is 13.1 Å². The van der Waals surface area contributed by atoms with Crippen molar-refractivity contribution in [2.75, 3.05) is 33.0 Å². The molecule has 1 saturated heterocycles. The van der Waals surface area contributed by atoms with Crippen LogP contribution in [0.2, 0.25) is 0 Å². The molecule has 1 rings (SSSR count). The summed E-state index contributed by atoms with van der Waals surface area (Å²) in [5, 5.41) is 0. The molecule has 8 nitrogen and oxygen atoms in total. The van der Waals surface area contributed by atoms with Crippen LogP contribution in [0.15, 0.2) is 0 Å². The van der Waals surface area contributed by atoms with Crippen LogP contribution in [0.3, 0.4) is 0 Å². The fourth-order valence-corrected chi connectivity index (χ4v) is 0.595. The maximum Gasteiger partial charge on any atom is 0.142 e. The molecule has 0 saturated carbocycles. The molecule has 0 unspecified atom stereocenters. The van der Waals surface area contributed by atoms with Crippen LogP contribution in [0.4, 0.5) is 0 Å². The Morgan fingerprint density at radius 1 is 0.769 bits per heavy atom. The van der Waals surface area contributed by atoms with Gasteiger partial charge in [0.25, 0.3) is 0 Å². The van der Waals surface area contributed by atoms with Crippen molar-refractivity contribution >= 4 is 0 Å².